The molecule has 6 nitrogen and oxygen atoms in total. The molecular weight excluding hydrogens is 301 g/mol. The maximum Gasteiger partial charge on any atom is 0.324 e. The number of aromatic nitrogens is 2. The van der Waals surface area contributed by atoms with Crippen LogP contribution >= 0.6 is 23.2 Å². The number of carbonyl (C=O) groups excluding carboxylic acids is 1. The van der Waals surface area contributed by atoms with Gasteiger partial charge in [-0.1, -0.05) is 23.2 Å². The summed E-state index contributed by atoms with van der Waals surface area (Å²) in [6.45, 7) is 1.76. The molecule has 0 unspecified atom stereocenters. The Morgan fingerprint density at radius 2 is 2.05 bits per heavy atom. The first-order valence-electron chi connectivity index (χ1n) is 5.70. The molecule has 0 spiro atoms. The molecule has 1 aromatic heterocycles. The molecule has 2 amide bonds. The molecule has 0 aliphatic heterocycles. The summed E-state index contributed by atoms with van der Waals surface area (Å²) in [6, 6.07) is 4.31. The van der Waals surface area contributed by atoms with Crippen LogP contribution in [0.5, 0.6) is 0 Å². The molecule has 1 heterocycles. The van der Waals surface area contributed by atoms with Crippen LogP contribution in [0.4, 0.5) is 22.0 Å². The molecule has 8 heteroatoms. The van der Waals surface area contributed by atoms with Gasteiger partial charge < -0.3 is 11.1 Å². The van der Waals surface area contributed by atoms with E-state index in [1.54, 1.807) is 32.2 Å². The number of nitrogens with one attached hydrogen (secondary N) is 2. The van der Waals surface area contributed by atoms with E-state index < -0.39 is 6.03 Å². The van der Waals surface area contributed by atoms with Gasteiger partial charge in [-0.05, 0) is 25.1 Å². The zero-order valence-electron chi connectivity index (χ0n) is 10.9. The monoisotopic (exact) mass is 313 g/mol. The normalized spacial score (nSPS) is 10.4. The van der Waals surface area contributed by atoms with E-state index in [0.29, 0.717) is 32.9 Å². The number of amides is 2. The van der Waals surface area contributed by atoms with Crippen molar-refractivity contribution in [1.82, 2.24) is 9.78 Å². The Balaban J connectivity index is 2.15. The fourth-order valence-electron chi connectivity index (χ4n) is 1.68. The Kier molecular flexibility index (Phi) is 4.06. The van der Waals surface area contributed by atoms with Crippen molar-refractivity contribution in [3.8, 4) is 0 Å². The van der Waals surface area contributed by atoms with Crippen molar-refractivity contribution in [3.05, 3.63) is 33.9 Å². The highest BCUT2D eigenvalue weighted by Crippen LogP contribution is 2.26. The molecule has 1 aromatic carbocycles. The van der Waals surface area contributed by atoms with Gasteiger partial charge in [0.2, 0.25) is 0 Å². The number of nitrogens with zero attached hydrogens (tertiary/aromatic N) is 2. The summed E-state index contributed by atoms with van der Waals surface area (Å²) >= 11 is 11.8. The zero-order chi connectivity index (χ0) is 14.9. The number of hydrogen-bond donors (Lipinski definition) is 3. The number of aryl methyl sites for hydroxylation is 2. The molecule has 0 fully saturated rings. The van der Waals surface area contributed by atoms with Crippen LogP contribution in [-0.2, 0) is 7.05 Å². The van der Waals surface area contributed by atoms with Crippen molar-refractivity contribution in [2.45, 2.75) is 6.92 Å². The minimum atomic E-state index is -0.483. The van der Waals surface area contributed by atoms with Gasteiger partial charge in [0.05, 0.1) is 22.1 Å². The lowest BCUT2D eigenvalue weighted by atomic mass is 10.3. The zero-order valence-corrected chi connectivity index (χ0v) is 12.4. The lowest BCUT2D eigenvalue weighted by Crippen LogP contribution is -2.21. The van der Waals surface area contributed by atoms with E-state index in [-0.39, 0.29) is 0 Å². The lowest BCUT2D eigenvalue weighted by Gasteiger charge is -2.10. The summed E-state index contributed by atoms with van der Waals surface area (Å²) in [7, 11) is 1.69. The van der Waals surface area contributed by atoms with Crippen LogP contribution in [0.25, 0.3) is 0 Å². The number of carbonyl (C=O) groups is 1. The van der Waals surface area contributed by atoms with Gasteiger partial charge in [0, 0.05) is 12.1 Å². The maximum atomic E-state index is 11.9. The standard InChI is InChI=1S/C12H13Cl2N5O/c1-6-10(15)11(19(2)18-6)17-12(20)16-9-5-7(13)3-4-8(9)14/h3-5H,15H2,1-2H3,(H2,16,17,20). The molecule has 2 aromatic rings. The second-order valence-electron chi connectivity index (χ2n) is 4.17. The number of urea groups is 1. The fraction of sp³-hybridized carbons (Fsp3) is 0.167. The molecule has 4 N–H and O–H groups in total. The summed E-state index contributed by atoms with van der Waals surface area (Å²) in [4.78, 5) is 11.9. The van der Waals surface area contributed by atoms with E-state index >= 15 is 0 Å². The van der Waals surface area contributed by atoms with Crippen molar-refractivity contribution in [2.24, 2.45) is 7.05 Å². The van der Waals surface area contributed by atoms with Crippen LogP contribution in [0, 0.1) is 6.92 Å². The minimum Gasteiger partial charge on any atom is -0.394 e. The Bertz CT molecular complexity index is 668. The highest BCUT2D eigenvalue weighted by atomic mass is 35.5. The van der Waals surface area contributed by atoms with Gasteiger partial charge in [0.25, 0.3) is 0 Å². The van der Waals surface area contributed by atoms with Crippen LogP contribution in [0.2, 0.25) is 10.0 Å². The predicted octanol–water partition coefficient (Wildman–Crippen LogP) is 3.26. The third kappa shape index (κ3) is 2.97. The SMILES string of the molecule is Cc1nn(C)c(NC(=O)Nc2cc(Cl)ccc2Cl)c1N. The van der Waals surface area contributed by atoms with Gasteiger partial charge in [-0.3, -0.25) is 10.00 Å². The Hall–Kier alpha value is -1.92. The van der Waals surface area contributed by atoms with E-state index in [9.17, 15) is 4.79 Å². The van der Waals surface area contributed by atoms with Gasteiger partial charge in [-0.2, -0.15) is 5.10 Å². The van der Waals surface area contributed by atoms with Gasteiger partial charge in [0.1, 0.15) is 0 Å². The van der Waals surface area contributed by atoms with E-state index in [1.165, 1.54) is 4.68 Å². The Morgan fingerprint density at radius 1 is 1.35 bits per heavy atom. The van der Waals surface area contributed by atoms with Gasteiger partial charge in [0.15, 0.2) is 5.82 Å². The number of benzene rings is 1. The Labute approximate surface area is 125 Å². The van der Waals surface area contributed by atoms with Crippen molar-refractivity contribution in [1.29, 1.82) is 0 Å². The second kappa shape index (κ2) is 5.60. The number of nitrogen functional groups attached to an aromatic ring is 1. The number of hydrogen-bond acceptors (Lipinski definition) is 3. The Morgan fingerprint density at radius 3 is 2.65 bits per heavy atom. The fourth-order valence-corrected chi connectivity index (χ4v) is 2.01. The van der Waals surface area contributed by atoms with Crippen molar-refractivity contribution >= 4 is 46.4 Å². The molecule has 0 aliphatic carbocycles. The minimum absolute atomic E-state index is 0.388. The molecule has 106 valence electrons. The average Bonchev–Trinajstić information content (AvgIpc) is 2.61. The van der Waals surface area contributed by atoms with Gasteiger partial charge in [-0.25, -0.2) is 4.79 Å². The van der Waals surface area contributed by atoms with Gasteiger partial charge >= 0.3 is 6.03 Å². The molecule has 0 radical (unpaired) electrons. The lowest BCUT2D eigenvalue weighted by molar-refractivity contribution is 0.262. The quantitative estimate of drug-likeness (QED) is 0.795. The summed E-state index contributed by atoms with van der Waals surface area (Å²) in [5.74, 6) is 0.415. The first kappa shape index (κ1) is 14.5. The van der Waals surface area contributed by atoms with E-state index in [1.807, 2.05) is 0 Å². The van der Waals surface area contributed by atoms with Crippen LogP contribution in [0.1, 0.15) is 5.69 Å². The third-order valence-corrected chi connectivity index (χ3v) is 3.24. The van der Waals surface area contributed by atoms with Crippen LogP contribution in [0.3, 0.4) is 0 Å². The predicted molar refractivity (Wildman–Crippen MR) is 81.5 cm³/mol. The summed E-state index contributed by atoms with van der Waals surface area (Å²) in [6.07, 6.45) is 0. The van der Waals surface area contributed by atoms with E-state index in [4.69, 9.17) is 28.9 Å². The number of rotatable bonds is 2. The first-order chi connectivity index (χ1) is 9.38. The molecule has 0 aliphatic rings. The van der Waals surface area contributed by atoms with Crippen molar-refractivity contribution < 1.29 is 4.79 Å². The molecule has 0 saturated carbocycles. The van der Waals surface area contributed by atoms with Crippen LogP contribution in [0.15, 0.2) is 18.2 Å². The van der Waals surface area contributed by atoms with Gasteiger partial charge in [-0.15, -0.1) is 0 Å². The largest absolute Gasteiger partial charge is 0.394 e. The second-order valence-corrected chi connectivity index (χ2v) is 5.02. The summed E-state index contributed by atoms with van der Waals surface area (Å²) in [5, 5.41) is 10.2. The highest BCUT2D eigenvalue weighted by molar-refractivity contribution is 6.35. The van der Waals surface area contributed by atoms with E-state index in [2.05, 4.69) is 15.7 Å². The van der Waals surface area contributed by atoms with Crippen LogP contribution < -0.4 is 16.4 Å². The first-order valence-corrected chi connectivity index (χ1v) is 6.46. The summed E-state index contributed by atoms with van der Waals surface area (Å²) < 4.78 is 1.49. The number of halogens is 2. The molecule has 0 bridgehead atoms. The third-order valence-electron chi connectivity index (χ3n) is 2.68. The molecule has 2 rings (SSSR count). The maximum absolute atomic E-state index is 11.9. The number of anilines is 3. The summed E-state index contributed by atoms with van der Waals surface area (Å²) in [5.41, 5.74) is 7.30. The average molecular weight is 314 g/mol. The molecule has 0 saturated heterocycles. The van der Waals surface area contributed by atoms with Crippen molar-refractivity contribution in [2.75, 3.05) is 16.4 Å². The van der Waals surface area contributed by atoms with Crippen LogP contribution in [-0.4, -0.2) is 15.8 Å². The number of nitrogens with two attached hydrogens (primary N) is 1. The van der Waals surface area contributed by atoms with Crippen molar-refractivity contribution in [3.63, 3.8) is 0 Å². The molecular formula is C12H13Cl2N5O. The smallest absolute Gasteiger partial charge is 0.324 e. The van der Waals surface area contributed by atoms with E-state index in [0.717, 1.165) is 0 Å². The topological polar surface area (TPSA) is 85.0 Å². The molecule has 20 heavy (non-hydrogen) atoms. The highest BCUT2D eigenvalue weighted by Gasteiger charge is 2.13. The molecule has 0 atom stereocenters.